The fourth-order valence-electron chi connectivity index (χ4n) is 9.24. The minimum Gasteiger partial charge on any atom is -0.309 e. The second-order valence-electron chi connectivity index (χ2n) is 14.7. The minimum atomic E-state index is -0.583. The number of rotatable bonds is 7. The van der Waals surface area contributed by atoms with Crippen LogP contribution in [0.3, 0.4) is 0 Å². The van der Waals surface area contributed by atoms with E-state index < -0.39 is 5.41 Å². The molecule has 3 heterocycles. The maximum Gasteiger partial charge on any atom is 0.140 e. The van der Waals surface area contributed by atoms with Gasteiger partial charge < -0.3 is 4.57 Å². The summed E-state index contributed by atoms with van der Waals surface area (Å²) >= 11 is 0. The number of aromatic nitrogens is 3. The summed E-state index contributed by atoms with van der Waals surface area (Å²) in [6.45, 7) is 0. The number of hydrogen-bond donors (Lipinski definition) is 0. The highest BCUT2D eigenvalue weighted by molar-refractivity contribution is 6.10. The molecule has 11 rings (SSSR count). The van der Waals surface area contributed by atoms with E-state index in [1.807, 2.05) is 0 Å². The van der Waals surface area contributed by atoms with Crippen LogP contribution in [0.15, 0.2) is 224 Å². The first-order valence-electron chi connectivity index (χ1n) is 19.6. The van der Waals surface area contributed by atoms with Gasteiger partial charge in [-0.05, 0) is 58.7 Å². The Morgan fingerprint density at radius 1 is 0.316 bits per heavy atom. The third-order valence-electron chi connectivity index (χ3n) is 11.7. The zero-order valence-electron chi connectivity index (χ0n) is 31.2. The van der Waals surface area contributed by atoms with Crippen molar-refractivity contribution in [1.82, 2.24) is 14.1 Å². The number of hydrogen-bond acceptors (Lipinski definition) is 1. The molecule has 0 radical (unpaired) electrons. The van der Waals surface area contributed by atoms with Crippen LogP contribution in [0, 0.1) is 0 Å². The van der Waals surface area contributed by atoms with Crippen molar-refractivity contribution in [2.75, 3.05) is 0 Å². The molecule has 0 saturated heterocycles. The standard InChI is InChI=1S/C54H37N3/c1-4-20-39(21-5-1)54(40-22-6-2-7-23-40,41-24-8-3-9-25-41)42-26-18-19-38(35-42)48-36-43(56-49-31-14-10-27-44(49)45-28-11-15-32-50(45)56)37-53(55-48)57-51-33-16-12-29-46(51)47-30-13-17-34-52(47)57/h1-37H. The Hall–Kier alpha value is -7.49. The molecule has 0 unspecified atom stereocenters. The molecule has 3 heteroatoms. The molecule has 0 saturated carbocycles. The van der Waals surface area contributed by atoms with Crippen LogP contribution in [-0.2, 0) is 5.41 Å². The largest absolute Gasteiger partial charge is 0.309 e. The third kappa shape index (κ3) is 5.17. The SMILES string of the molecule is c1ccc(C(c2ccccc2)(c2ccccc2)c2cccc(-c3cc(-n4c5ccccc5c5ccccc54)cc(-n4c5ccccc5c5ccccc54)n3)c2)cc1. The van der Waals surface area contributed by atoms with E-state index in [-0.39, 0.29) is 0 Å². The molecule has 8 aromatic carbocycles. The Labute approximate surface area is 331 Å². The fourth-order valence-corrected chi connectivity index (χ4v) is 9.24. The zero-order valence-corrected chi connectivity index (χ0v) is 31.2. The molecule has 0 amide bonds. The topological polar surface area (TPSA) is 22.8 Å². The van der Waals surface area contributed by atoms with Crippen molar-refractivity contribution < 1.29 is 0 Å². The van der Waals surface area contributed by atoms with Crippen molar-refractivity contribution in [2.24, 2.45) is 0 Å². The van der Waals surface area contributed by atoms with Gasteiger partial charge in [0, 0.05) is 33.2 Å². The van der Waals surface area contributed by atoms with Crippen molar-refractivity contribution in [1.29, 1.82) is 0 Å². The quantitative estimate of drug-likeness (QED) is 0.150. The van der Waals surface area contributed by atoms with Gasteiger partial charge in [0.25, 0.3) is 0 Å². The van der Waals surface area contributed by atoms with Gasteiger partial charge in [0.2, 0.25) is 0 Å². The highest BCUT2D eigenvalue weighted by Crippen LogP contribution is 2.46. The average molecular weight is 728 g/mol. The predicted octanol–water partition coefficient (Wildman–Crippen LogP) is 13.3. The van der Waals surface area contributed by atoms with Crippen LogP contribution in [0.5, 0.6) is 0 Å². The van der Waals surface area contributed by atoms with E-state index in [4.69, 9.17) is 4.98 Å². The Morgan fingerprint density at radius 2 is 0.702 bits per heavy atom. The van der Waals surface area contributed by atoms with Gasteiger partial charge in [-0.15, -0.1) is 0 Å². The molecule has 0 fully saturated rings. The first-order valence-corrected chi connectivity index (χ1v) is 19.6. The van der Waals surface area contributed by atoms with E-state index in [0.717, 1.165) is 44.8 Å². The van der Waals surface area contributed by atoms with Gasteiger partial charge in [0.05, 0.1) is 38.9 Å². The molecule has 0 N–H and O–H groups in total. The summed E-state index contributed by atoms with van der Waals surface area (Å²) < 4.78 is 4.73. The van der Waals surface area contributed by atoms with Crippen LogP contribution in [0.25, 0.3) is 66.4 Å². The Kier molecular flexibility index (Phi) is 7.71. The van der Waals surface area contributed by atoms with E-state index in [1.54, 1.807) is 0 Å². The van der Waals surface area contributed by atoms with Gasteiger partial charge in [-0.1, -0.05) is 182 Å². The summed E-state index contributed by atoms with van der Waals surface area (Å²) in [5.41, 5.74) is 11.8. The lowest BCUT2D eigenvalue weighted by molar-refractivity contribution is 0.745. The van der Waals surface area contributed by atoms with E-state index in [0.29, 0.717) is 0 Å². The molecule has 3 nitrogen and oxygen atoms in total. The van der Waals surface area contributed by atoms with Crippen molar-refractivity contribution >= 4 is 43.6 Å². The second-order valence-corrected chi connectivity index (χ2v) is 14.7. The molecule has 0 aliphatic heterocycles. The smallest absolute Gasteiger partial charge is 0.140 e. The number of benzene rings is 8. The van der Waals surface area contributed by atoms with Gasteiger partial charge in [0.15, 0.2) is 0 Å². The lowest BCUT2D eigenvalue weighted by Crippen LogP contribution is -2.31. The van der Waals surface area contributed by atoms with E-state index in [1.165, 1.54) is 43.8 Å². The maximum absolute atomic E-state index is 5.61. The molecule has 11 aromatic rings. The zero-order chi connectivity index (χ0) is 37.8. The van der Waals surface area contributed by atoms with Crippen LogP contribution in [0.1, 0.15) is 22.3 Å². The van der Waals surface area contributed by atoms with Gasteiger partial charge in [-0.25, -0.2) is 4.98 Å². The highest BCUT2D eigenvalue weighted by Gasteiger charge is 2.38. The molecule has 0 aliphatic rings. The Balaban J connectivity index is 1.22. The van der Waals surface area contributed by atoms with Crippen LogP contribution in [-0.4, -0.2) is 14.1 Å². The lowest BCUT2D eigenvalue weighted by atomic mass is 9.65. The van der Waals surface area contributed by atoms with Gasteiger partial charge >= 0.3 is 0 Å². The van der Waals surface area contributed by atoms with Gasteiger partial charge in [-0.3, -0.25) is 4.57 Å². The van der Waals surface area contributed by atoms with Crippen LogP contribution in [0.4, 0.5) is 0 Å². The second kappa shape index (κ2) is 13.4. The average Bonchev–Trinajstić information content (AvgIpc) is 3.81. The molecule has 0 bridgehead atoms. The Bertz CT molecular complexity index is 2890. The summed E-state index contributed by atoms with van der Waals surface area (Å²) in [7, 11) is 0. The summed E-state index contributed by atoms with van der Waals surface area (Å²) in [5.74, 6) is 0.868. The number of para-hydroxylation sites is 4. The molecule has 3 aromatic heterocycles. The summed E-state index contributed by atoms with van der Waals surface area (Å²) in [4.78, 5) is 5.61. The molecule has 268 valence electrons. The lowest BCUT2D eigenvalue weighted by Gasteiger charge is -2.37. The normalized spacial score (nSPS) is 11.9. The summed E-state index contributed by atoms with van der Waals surface area (Å²) in [5, 5.41) is 4.87. The maximum atomic E-state index is 5.61. The number of fused-ring (bicyclic) bond motifs is 6. The molecule has 0 aliphatic carbocycles. The predicted molar refractivity (Wildman–Crippen MR) is 237 cm³/mol. The molecule has 0 atom stereocenters. The van der Waals surface area contributed by atoms with Gasteiger partial charge in [-0.2, -0.15) is 0 Å². The van der Waals surface area contributed by atoms with Crippen molar-refractivity contribution in [3.63, 3.8) is 0 Å². The molecule has 57 heavy (non-hydrogen) atoms. The molecule has 0 spiro atoms. The number of pyridine rings is 1. The van der Waals surface area contributed by atoms with Crippen molar-refractivity contribution in [2.45, 2.75) is 5.41 Å². The first-order chi connectivity index (χ1) is 28.3. The molecular weight excluding hydrogens is 691 g/mol. The van der Waals surface area contributed by atoms with Crippen LogP contribution >= 0.6 is 0 Å². The van der Waals surface area contributed by atoms with E-state index in [2.05, 4.69) is 234 Å². The third-order valence-corrected chi connectivity index (χ3v) is 11.7. The Morgan fingerprint density at radius 3 is 1.16 bits per heavy atom. The monoisotopic (exact) mass is 727 g/mol. The highest BCUT2D eigenvalue weighted by atomic mass is 15.1. The van der Waals surface area contributed by atoms with Crippen LogP contribution in [0.2, 0.25) is 0 Å². The number of nitrogens with zero attached hydrogens (tertiary/aromatic N) is 3. The summed E-state index contributed by atoms with van der Waals surface area (Å²) in [6.07, 6.45) is 0. The molecular formula is C54H37N3. The van der Waals surface area contributed by atoms with Crippen LogP contribution < -0.4 is 0 Å². The van der Waals surface area contributed by atoms with E-state index >= 15 is 0 Å². The van der Waals surface area contributed by atoms with E-state index in [9.17, 15) is 0 Å². The fraction of sp³-hybridized carbons (Fsp3) is 0.0185. The van der Waals surface area contributed by atoms with Gasteiger partial charge in [0.1, 0.15) is 5.82 Å². The first kappa shape index (κ1) is 32.9. The summed E-state index contributed by atoms with van der Waals surface area (Å²) in [6, 6.07) is 81.1. The van der Waals surface area contributed by atoms with Crippen molar-refractivity contribution in [3.8, 4) is 22.8 Å². The minimum absolute atomic E-state index is 0.583. The van der Waals surface area contributed by atoms with Crippen molar-refractivity contribution in [3.05, 3.63) is 247 Å².